The second kappa shape index (κ2) is 11.9. The Kier molecular flexibility index (Phi) is 8.53. The van der Waals surface area contributed by atoms with Crippen LogP contribution in [0.2, 0.25) is 5.02 Å². The van der Waals surface area contributed by atoms with Crippen molar-refractivity contribution >= 4 is 75.2 Å². The molecule has 0 spiro atoms. The molecule has 13 nitrogen and oxygen atoms in total. The van der Waals surface area contributed by atoms with Crippen molar-refractivity contribution in [3.63, 3.8) is 0 Å². The van der Waals surface area contributed by atoms with Gasteiger partial charge < -0.3 is 9.47 Å². The first-order valence-corrected chi connectivity index (χ1v) is 13.1. The fourth-order valence-electron chi connectivity index (χ4n) is 3.87. The van der Waals surface area contributed by atoms with Crippen molar-refractivity contribution in [3.05, 3.63) is 94.1 Å². The summed E-state index contributed by atoms with van der Waals surface area (Å²) in [4.78, 5) is 60.5. The Labute approximate surface area is 250 Å². The molecular weight excluding hydrogens is 675 g/mol. The van der Waals surface area contributed by atoms with E-state index < -0.39 is 39.1 Å². The van der Waals surface area contributed by atoms with E-state index in [1.807, 2.05) is 22.6 Å². The second-order valence-corrected chi connectivity index (χ2v) is 9.94. The molecule has 0 bridgehead atoms. The number of hydrogen-bond donors (Lipinski definition) is 1. The number of non-ortho nitro benzene ring substituents is 1. The van der Waals surface area contributed by atoms with Crippen molar-refractivity contribution in [2.45, 2.75) is 13.8 Å². The van der Waals surface area contributed by atoms with Crippen LogP contribution in [0.4, 0.5) is 21.9 Å². The predicted molar refractivity (Wildman–Crippen MR) is 155 cm³/mol. The Bertz CT molecular complexity index is 1670. The first kappa shape index (κ1) is 29.4. The van der Waals surface area contributed by atoms with Gasteiger partial charge in [0, 0.05) is 11.1 Å². The maximum atomic E-state index is 13.4. The zero-order valence-corrected chi connectivity index (χ0v) is 24.1. The SMILES string of the molecule is CCOc1cc(/C=C2\C(=O)NC(=O)N(c3cccc(Cl)c3C)C2=O)cc(I)c1Oc1ccc([N+](=O)[O-])cc1[N+](=O)[O-]. The topological polar surface area (TPSA) is 171 Å². The molecule has 0 radical (unpaired) electrons. The lowest BCUT2D eigenvalue weighted by molar-refractivity contribution is -0.394. The number of carbonyl (C=O) groups is 3. The highest BCUT2D eigenvalue weighted by molar-refractivity contribution is 14.1. The van der Waals surface area contributed by atoms with Crippen molar-refractivity contribution < 1.29 is 33.7 Å². The average molecular weight is 693 g/mol. The van der Waals surface area contributed by atoms with Crippen LogP contribution in [0, 0.1) is 30.7 Å². The molecule has 15 heteroatoms. The van der Waals surface area contributed by atoms with Gasteiger partial charge >= 0.3 is 11.7 Å². The molecule has 0 atom stereocenters. The summed E-state index contributed by atoms with van der Waals surface area (Å²) in [5.41, 5.74) is -0.477. The number of imide groups is 2. The molecule has 0 saturated carbocycles. The van der Waals surface area contributed by atoms with Crippen LogP contribution in [-0.4, -0.2) is 34.3 Å². The first-order chi connectivity index (χ1) is 19.4. The lowest BCUT2D eigenvalue weighted by Gasteiger charge is -2.27. The summed E-state index contributed by atoms with van der Waals surface area (Å²) in [5, 5.41) is 25.1. The van der Waals surface area contributed by atoms with E-state index in [4.69, 9.17) is 21.1 Å². The summed E-state index contributed by atoms with van der Waals surface area (Å²) in [5.74, 6) is -1.87. The summed E-state index contributed by atoms with van der Waals surface area (Å²) in [6.45, 7) is 3.47. The van der Waals surface area contributed by atoms with E-state index in [9.17, 15) is 34.6 Å². The second-order valence-electron chi connectivity index (χ2n) is 8.37. The Hall–Kier alpha value is -4.57. The molecule has 4 rings (SSSR count). The van der Waals surface area contributed by atoms with Gasteiger partial charge in [-0.3, -0.25) is 35.1 Å². The van der Waals surface area contributed by atoms with Crippen LogP contribution in [0.15, 0.2) is 54.1 Å². The standard InChI is InChI=1S/C26H18ClIN4O9/c1-3-40-22-11-14(10-18(28)23(22)41-21-8-7-15(31(36)37)12-20(21)32(38)39)9-16-24(33)29-26(35)30(25(16)34)19-6-4-5-17(27)13(19)2/h4-12H,3H2,1-2H3,(H,29,33,35)/b16-9+. The highest BCUT2D eigenvalue weighted by Crippen LogP contribution is 2.42. The van der Waals surface area contributed by atoms with E-state index in [1.165, 1.54) is 24.3 Å². The number of halogens is 2. The van der Waals surface area contributed by atoms with Gasteiger partial charge in [-0.25, -0.2) is 9.69 Å². The summed E-state index contributed by atoms with van der Waals surface area (Å²) >= 11 is 8.04. The van der Waals surface area contributed by atoms with Gasteiger partial charge in [0.1, 0.15) is 5.57 Å². The number of nitro groups is 2. The fourth-order valence-corrected chi connectivity index (χ4v) is 4.78. The molecule has 0 aromatic heterocycles. The molecule has 41 heavy (non-hydrogen) atoms. The normalized spacial score (nSPS) is 14.2. The van der Waals surface area contributed by atoms with Crippen molar-refractivity contribution in [1.29, 1.82) is 0 Å². The van der Waals surface area contributed by atoms with Crippen molar-refractivity contribution in [1.82, 2.24) is 5.32 Å². The Morgan fingerprint density at radius 1 is 1.05 bits per heavy atom. The number of nitrogens with zero attached hydrogens (tertiary/aromatic N) is 3. The lowest BCUT2D eigenvalue weighted by atomic mass is 10.1. The van der Waals surface area contributed by atoms with Crippen LogP contribution in [0.5, 0.6) is 17.2 Å². The molecule has 3 aromatic rings. The van der Waals surface area contributed by atoms with E-state index in [1.54, 1.807) is 26.0 Å². The number of rotatable bonds is 8. The van der Waals surface area contributed by atoms with Crippen LogP contribution in [-0.2, 0) is 9.59 Å². The largest absolute Gasteiger partial charge is 0.490 e. The Morgan fingerprint density at radius 3 is 2.44 bits per heavy atom. The molecule has 1 saturated heterocycles. The van der Waals surface area contributed by atoms with Crippen LogP contribution in [0.3, 0.4) is 0 Å². The maximum absolute atomic E-state index is 13.4. The molecule has 210 valence electrons. The molecule has 1 aliphatic rings. The zero-order chi connectivity index (χ0) is 30.0. The van der Waals surface area contributed by atoms with Gasteiger partial charge in [0.25, 0.3) is 17.5 Å². The van der Waals surface area contributed by atoms with Crippen molar-refractivity contribution in [3.8, 4) is 17.2 Å². The van der Waals surface area contributed by atoms with Gasteiger partial charge in [0.05, 0.1) is 31.8 Å². The van der Waals surface area contributed by atoms with Crippen LogP contribution in [0.1, 0.15) is 18.1 Å². The number of anilines is 1. The third-order valence-electron chi connectivity index (χ3n) is 5.79. The Morgan fingerprint density at radius 2 is 1.78 bits per heavy atom. The first-order valence-electron chi connectivity index (χ1n) is 11.7. The molecule has 1 heterocycles. The molecule has 4 amide bonds. The Balaban J connectivity index is 1.76. The van der Waals surface area contributed by atoms with Gasteiger partial charge in [-0.2, -0.15) is 0 Å². The highest BCUT2D eigenvalue weighted by atomic mass is 127. The van der Waals surface area contributed by atoms with Gasteiger partial charge in [-0.05, 0) is 84.0 Å². The monoisotopic (exact) mass is 692 g/mol. The zero-order valence-electron chi connectivity index (χ0n) is 21.2. The minimum Gasteiger partial charge on any atom is -0.490 e. The quantitative estimate of drug-likeness (QED) is 0.0988. The van der Waals surface area contributed by atoms with Gasteiger partial charge in [-0.1, -0.05) is 17.7 Å². The highest BCUT2D eigenvalue weighted by Gasteiger charge is 2.37. The van der Waals surface area contributed by atoms with E-state index in [-0.39, 0.29) is 35.1 Å². The number of urea groups is 1. The van der Waals surface area contributed by atoms with Crippen LogP contribution < -0.4 is 19.7 Å². The van der Waals surface area contributed by atoms with Crippen molar-refractivity contribution in [2.24, 2.45) is 0 Å². The minimum atomic E-state index is -0.930. The smallest absolute Gasteiger partial charge is 0.335 e. The van der Waals surface area contributed by atoms with Crippen LogP contribution in [0.25, 0.3) is 6.08 Å². The molecule has 0 unspecified atom stereocenters. The summed E-state index contributed by atoms with van der Waals surface area (Å²) < 4.78 is 11.8. The molecule has 3 aromatic carbocycles. The number of nitro benzene ring substituents is 2. The average Bonchev–Trinajstić information content (AvgIpc) is 2.90. The van der Waals surface area contributed by atoms with Crippen molar-refractivity contribution in [2.75, 3.05) is 11.5 Å². The lowest BCUT2D eigenvalue weighted by Crippen LogP contribution is -2.54. The molecule has 1 fully saturated rings. The number of nitrogens with one attached hydrogen (secondary N) is 1. The molecule has 1 aliphatic heterocycles. The number of barbiturate groups is 1. The maximum Gasteiger partial charge on any atom is 0.335 e. The van der Waals surface area contributed by atoms with Gasteiger partial charge in [0.2, 0.25) is 5.75 Å². The predicted octanol–water partition coefficient (Wildman–Crippen LogP) is 5.93. The summed E-state index contributed by atoms with van der Waals surface area (Å²) in [6.07, 6.45) is 1.26. The van der Waals surface area contributed by atoms with E-state index in [2.05, 4.69) is 5.32 Å². The van der Waals surface area contributed by atoms with Crippen LogP contribution >= 0.6 is 34.2 Å². The fraction of sp³-hybridized carbons (Fsp3) is 0.115. The number of benzene rings is 3. The molecule has 1 N–H and O–H groups in total. The van der Waals surface area contributed by atoms with E-state index in [0.29, 0.717) is 19.7 Å². The number of amides is 4. The molecular formula is C26H18ClIN4O9. The number of ether oxygens (including phenoxy) is 2. The van der Waals surface area contributed by atoms with E-state index >= 15 is 0 Å². The summed E-state index contributed by atoms with van der Waals surface area (Å²) in [7, 11) is 0. The van der Waals surface area contributed by atoms with Gasteiger partial charge in [0.15, 0.2) is 11.5 Å². The van der Waals surface area contributed by atoms with Gasteiger partial charge in [-0.15, -0.1) is 0 Å². The van der Waals surface area contributed by atoms with E-state index in [0.717, 1.165) is 23.1 Å². The third-order valence-corrected chi connectivity index (χ3v) is 7.00. The molecule has 0 aliphatic carbocycles. The summed E-state index contributed by atoms with van der Waals surface area (Å²) in [6, 6.07) is 9.67. The number of carbonyl (C=O) groups excluding carboxylic acids is 3. The third kappa shape index (κ3) is 5.97. The number of hydrogen-bond acceptors (Lipinski definition) is 9. The minimum absolute atomic E-state index is 0.0670.